The number of unbranched alkanes of at least 4 members (excludes halogenated alkanes) is 10. The average Bonchev–Trinajstić information content (AvgIpc) is 2.70. The van der Waals surface area contributed by atoms with Gasteiger partial charge in [-0.2, -0.15) is 0 Å². The third-order valence-corrected chi connectivity index (χ3v) is 5.13. The van der Waals surface area contributed by atoms with Gasteiger partial charge < -0.3 is 14.6 Å². The van der Waals surface area contributed by atoms with Gasteiger partial charge in [0.25, 0.3) is 0 Å². The van der Waals surface area contributed by atoms with Crippen LogP contribution in [0.15, 0.2) is 18.2 Å². The van der Waals surface area contributed by atoms with Crippen LogP contribution in [0.5, 0.6) is 11.5 Å². The zero-order chi connectivity index (χ0) is 20.5. The number of methoxy groups -OCH3 is 1. The van der Waals surface area contributed by atoms with Crippen LogP contribution >= 0.6 is 0 Å². The van der Waals surface area contributed by atoms with Gasteiger partial charge in [0, 0.05) is 12.5 Å². The van der Waals surface area contributed by atoms with Crippen LogP contribution in [-0.4, -0.2) is 24.8 Å². The second kappa shape index (κ2) is 16.3. The van der Waals surface area contributed by atoms with Crippen molar-refractivity contribution in [3.05, 3.63) is 23.8 Å². The molecule has 1 rings (SSSR count). The fourth-order valence-corrected chi connectivity index (χ4v) is 3.31. The first-order valence-electron chi connectivity index (χ1n) is 11.2. The predicted molar refractivity (Wildman–Crippen MR) is 115 cm³/mol. The van der Waals surface area contributed by atoms with Crippen LogP contribution in [0.4, 0.5) is 0 Å². The number of hydrogen-bond acceptors (Lipinski definition) is 4. The third-order valence-electron chi connectivity index (χ3n) is 5.13. The van der Waals surface area contributed by atoms with Crippen molar-refractivity contribution in [1.82, 2.24) is 0 Å². The number of rotatable bonds is 17. The van der Waals surface area contributed by atoms with Gasteiger partial charge in [0.15, 0.2) is 0 Å². The summed E-state index contributed by atoms with van der Waals surface area (Å²) in [6.45, 7) is 2.91. The molecule has 0 atom stereocenters. The van der Waals surface area contributed by atoms with Crippen molar-refractivity contribution in [2.45, 2.75) is 96.8 Å². The Hall–Kier alpha value is -1.71. The van der Waals surface area contributed by atoms with E-state index in [0.717, 1.165) is 43.4 Å². The van der Waals surface area contributed by atoms with E-state index in [1.165, 1.54) is 58.5 Å². The second-order valence-electron chi connectivity index (χ2n) is 7.60. The molecule has 0 amide bonds. The fourth-order valence-electron chi connectivity index (χ4n) is 3.31. The first-order valence-corrected chi connectivity index (χ1v) is 11.2. The molecule has 0 spiro atoms. The van der Waals surface area contributed by atoms with E-state index >= 15 is 0 Å². The first kappa shape index (κ1) is 24.3. The molecule has 4 nitrogen and oxygen atoms in total. The summed E-state index contributed by atoms with van der Waals surface area (Å²) in [5.41, 5.74) is 1.02. The second-order valence-corrected chi connectivity index (χ2v) is 7.60. The Morgan fingerprint density at radius 1 is 0.893 bits per heavy atom. The molecule has 0 aliphatic rings. The van der Waals surface area contributed by atoms with Gasteiger partial charge in [-0.1, -0.05) is 70.8 Å². The summed E-state index contributed by atoms with van der Waals surface area (Å²) in [5.74, 6) is 1.02. The molecule has 0 heterocycles. The SMILES string of the molecule is CCCCCCc1ccc(OCCCCCCCCCCC(=O)OC)cc1O. The lowest BCUT2D eigenvalue weighted by Crippen LogP contribution is -1.99. The van der Waals surface area contributed by atoms with Gasteiger partial charge in [-0.15, -0.1) is 0 Å². The quantitative estimate of drug-likeness (QED) is 0.240. The van der Waals surface area contributed by atoms with E-state index in [0.29, 0.717) is 18.8 Å². The van der Waals surface area contributed by atoms with Crippen molar-refractivity contribution in [2.24, 2.45) is 0 Å². The number of benzene rings is 1. The largest absolute Gasteiger partial charge is 0.508 e. The maximum Gasteiger partial charge on any atom is 0.305 e. The van der Waals surface area contributed by atoms with Crippen molar-refractivity contribution in [3.63, 3.8) is 0 Å². The third kappa shape index (κ3) is 11.9. The van der Waals surface area contributed by atoms with Crippen molar-refractivity contribution < 1.29 is 19.4 Å². The Balaban J connectivity index is 2.01. The summed E-state index contributed by atoms with van der Waals surface area (Å²) >= 11 is 0. The van der Waals surface area contributed by atoms with E-state index in [1.807, 2.05) is 12.1 Å². The summed E-state index contributed by atoms with van der Waals surface area (Å²) in [7, 11) is 1.44. The van der Waals surface area contributed by atoms with Gasteiger partial charge >= 0.3 is 5.97 Å². The molecule has 0 aliphatic heterocycles. The molecule has 28 heavy (non-hydrogen) atoms. The van der Waals surface area contributed by atoms with Crippen molar-refractivity contribution >= 4 is 5.97 Å². The molecule has 0 fully saturated rings. The summed E-state index contributed by atoms with van der Waals surface area (Å²) in [4.78, 5) is 11.0. The number of aromatic hydroxyl groups is 1. The minimum atomic E-state index is -0.102. The van der Waals surface area contributed by atoms with Crippen molar-refractivity contribution in [3.8, 4) is 11.5 Å². The number of phenolic OH excluding ortho intramolecular Hbond substituents is 1. The van der Waals surface area contributed by atoms with Gasteiger partial charge in [0.1, 0.15) is 11.5 Å². The summed E-state index contributed by atoms with van der Waals surface area (Å²) in [5, 5.41) is 10.1. The van der Waals surface area contributed by atoms with Gasteiger partial charge in [0.2, 0.25) is 0 Å². The highest BCUT2D eigenvalue weighted by atomic mass is 16.5. The van der Waals surface area contributed by atoms with Gasteiger partial charge in [-0.3, -0.25) is 4.79 Å². The predicted octanol–water partition coefficient (Wildman–Crippen LogP) is 6.58. The highest BCUT2D eigenvalue weighted by molar-refractivity contribution is 5.68. The topological polar surface area (TPSA) is 55.8 Å². The standard InChI is InChI=1S/C24H40O4/c1-3-4-5-12-15-21-17-18-22(20-23(21)25)28-19-14-11-9-7-6-8-10-13-16-24(26)27-2/h17-18,20,25H,3-16,19H2,1-2H3. The molecule has 0 radical (unpaired) electrons. The van der Waals surface area contributed by atoms with Gasteiger partial charge in [-0.05, 0) is 37.3 Å². The maximum atomic E-state index is 11.0. The number of esters is 1. The van der Waals surface area contributed by atoms with Crippen molar-refractivity contribution in [2.75, 3.05) is 13.7 Å². The van der Waals surface area contributed by atoms with E-state index in [1.54, 1.807) is 6.07 Å². The smallest absolute Gasteiger partial charge is 0.305 e. The first-order chi connectivity index (χ1) is 13.7. The van der Waals surface area contributed by atoms with Crippen LogP contribution in [0.25, 0.3) is 0 Å². The molecule has 0 bridgehead atoms. The van der Waals surface area contributed by atoms with E-state index in [2.05, 4.69) is 11.7 Å². The minimum Gasteiger partial charge on any atom is -0.508 e. The molecule has 4 heteroatoms. The maximum absolute atomic E-state index is 11.0. The van der Waals surface area contributed by atoms with Crippen LogP contribution < -0.4 is 4.74 Å². The molecular weight excluding hydrogens is 352 g/mol. The normalized spacial score (nSPS) is 10.8. The Kier molecular flexibility index (Phi) is 14.1. The molecule has 0 aromatic heterocycles. The number of ether oxygens (including phenoxy) is 2. The van der Waals surface area contributed by atoms with E-state index < -0.39 is 0 Å². The lowest BCUT2D eigenvalue weighted by molar-refractivity contribution is -0.140. The van der Waals surface area contributed by atoms with Gasteiger partial charge in [0.05, 0.1) is 13.7 Å². The summed E-state index contributed by atoms with van der Waals surface area (Å²) in [6.07, 6.45) is 15.5. The molecule has 0 aliphatic carbocycles. The zero-order valence-electron chi connectivity index (χ0n) is 18.0. The van der Waals surface area contributed by atoms with Crippen molar-refractivity contribution in [1.29, 1.82) is 0 Å². The van der Waals surface area contributed by atoms with Crippen LogP contribution in [0.2, 0.25) is 0 Å². The number of aryl methyl sites for hydroxylation is 1. The molecule has 160 valence electrons. The number of carbonyl (C=O) groups excluding carboxylic acids is 1. The molecule has 0 saturated heterocycles. The molecular formula is C24H40O4. The van der Waals surface area contributed by atoms with E-state index in [-0.39, 0.29) is 5.97 Å². The highest BCUT2D eigenvalue weighted by Gasteiger charge is 2.04. The summed E-state index contributed by atoms with van der Waals surface area (Å²) < 4.78 is 10.4. The Morgan fingerprint density at radius 2 is 1.54 bits per heavy atom. The molecule has 1 aromatic rings. The Bertz CT molecular complexity index is 527. The number of phenols is 1. The van der Waals surface area contributed by atoms with Crippen LogP contribution in [0.3, 0.4) is 0 Å². The monoisotopic (exact) mass is 392 g/mol. The van der Waals surface area contributed by atoms with Gasteiger partial charge in [-0.25, -0.2) is 0 Å². The minimum absolute atomic E-state index is 0.102. The molecule has 0 unspecified atom stereocenters. The van der Waals surface area contributed by atoms with Crippen LogP contribution in [-0.2, 0) is 16.0 Å². The van der Waals surface area contributed by atoms with Crippen LogP contribution in [0.1, 0.15) is 96.0 Å². The lowest BCUT2D eigenvalue weighted by Gasteiger charge is -2.09. The fraction of sp³-hybridized carbons (Fsp3) is 0.708. The highest BCUT2D eigenvalue weighted by Crippen LogP contribution is 2.25. The molecule has 0 saturated carbocycles. The van der Waals surface area contributed by atoms with E-state index in [4.69, 9.17) is 4.74 Å². The Morgan fingerprint density at radius 3 is 2.18 bits per heavy atom. The molecule has 1 aromatic carbocycles. The zero-order valence-corrected chi connectivity index (χ0v) is 18.0. The Labute approximate surface area is 171 Å². The lowest BCUT2D eigenvalue weighted by atomic mass is 10.1. The van der Waals surface area contributed by atoms with E-state index in [9.17, 15) is 9.90 Å². The number of hydrogen-bond donors (Lipinski definition) is 1. The van der Waals surface area contributed by atoms with Crippen LogP contribution in [0, 0.1) is 0 Å². The summed E-state index contributed by atoms with van der Waals surface area (Å²) in [6, 6.07) is 5.73. The number of carbonyl (C=O) groups is 1. The average molecular weight is 393 g/mol. The molecule has 1 N–H and O–H groups in total.